The molecule has 3 N–H and O–H groups in total. The van der Waals surface area contributed by atoms with Crippen LogP contribution in [0.3, 0.4) is 0 Å². The number of aliphatic hydroxyl groups is 1. The lowest BCUT2D eigenvalue weighted by atomic mass is 10.2. The molecule has 2 rings (SSSR count). The topological polar surface area (TPSA) is 82.9 Å². The van der Waals surface area contributed by atoms with E-state index in [0.29, 0.717) is 24.5 Å². The number of β-amino-alcohol motifs (C(OH)–C–C–N with tert-alkyl or cyclic N) is 1. The normalized spacial score (nSPS) is 23.3. The van der Waals surface area contributed by atoms with Crippen molar-refractivity contribution >= 4 is 5.91 Å². The molecule has 2 atom stereocenters. The predicted octanol–water partition coefficient (Wildman–Crippen LogP) is -0.125. The number of furan rings is 1. The van der Waals surface area contributed by atoms with Gasteiger partial charge in [-0.25, -0.2) is 0 Å². The third-order valence-corrected chi connectivity index (χ3v) is 3.30. The summed E-state index contributed by atoms with van der Waals surface area (Å²) >= 11 is 0. The summed E-state index contributed by atoms with van der Waals surface area (Å²) in [4.78, 5) is 16.1. The first kappa shape index (κ1) is 14.0. The zero-order valence-electron chi connectivity index (χ0n) is 11.4. The number of rotatable bonds is 4. The van der Waals surface area contributed by atoms with Crippen molar-refractivity contribution in [3.05, 3.63) is 23.7 Å². The number of likely N-dealkylation sites (tertiary alicyclic amines) is 1. The van der Waals surface area contributed by atoms with Gasteiger partial charge in [-0.3, -0.25) is 4.79 Å². The van der Waals surface area contributed by atoms with Crippen molar-refractivity contribution in [2.45, 2.75) is 25.1 Å². The van der Waals surface area contributed by atoms with Gasteiger partial charge in [0.25, 0.3) is 5.91 Å². The fourth-order valence-corrected chi connectivity index (χ4v) is 2.48. The lowest BCUT2D eigenvalue weighted by molar-refractivity contribution is 0.0665. The summed E-state index contributed by atoms with van der Waals surface area (Å²) in [5.41, 5.74) is 5.47. The smallest absolute Gasteiger partial charge is 0.289 e. The van der Waals surface area contributed by atoms with E-state index >= 15 is 0 Å². The zero-order chi connectivity index (χ0) is 14.0. The Labute approximate surface area is 112 Å². The van der Waals surface area contributed by atoms with Crippen LogP contribution in [0.25, 0.3) is 0 Å². The molecular weight excluding hydrogens is 246 g/mol. The lowest BCUT2D eigenvalue weighted by Gasteiger charge is -2.26. The summed E-state index contributed by atoms with van der Waals surface area (Å²) < 4.78 is 5.38. The summed E-state index contributed by atoms with van der Waals surface area (Å²) in [7, 11) is 3.90. The maximum Gasteiger partial charge on any atom is 0.289 e. The Balaban J connectivity index is 2.11. The first-order chi connectivity index (χ1) is 9.01. The van der Waals surface area contributed by atoms with Gasteiger partial charge in [0.1, 0.15) is 5.76 Å². The summed E-state index contributed by atoms with van der Waals surface area (Å²) in [5, 5.41) is 9.77. The molecule has 1 aromatic rings. The Morgan fingerprint density at radius 3 is 2.89 bits per heavy atom. The molecule has 106 valence electrons. The molecule has 0 saturated carbocycles. The fourth-order valence-electron chi connectivity index (χ4n) is 2.48. The number of aliphatic hydroxyl groups excluding tert-OH is 1. The number of nitrogens with two attached hydrogens (primary N) is 1. The molecule has 0 aliphatic carbocycles. The molecule has 0 radical (unpaired) electrons. The average Bonchev–Trinajstić information content (AvgIpc) is 2.94. The van der Waals surface area contributed by atoms with E-state index in [1.165, 1.54) is 0 Å². The molecule has 2 heterocycles. The monoisotopic (exact) mass is 267 g/mol. The second-order valence-corrected chi connectivity index (χ2v) is 5.23. The maximum atomic E-state index is 12.4. The van der Waals surface area contributed by atoms with Gasteiger partial charge in [-0.15, -0.1) is 0 Å². The summed E-state index contributed by atoms with van der Waals surface area (Å²) in [6.07, 6.45) is 0.145. The molecule has 1 aliphatic rings. The van der Waals surface area contributed by atoms with Crippen LogP contribution >= 0.6 is 0 Å². The van der Waals surface area contributed by atoms with Gasteiger partial charge in [0, 0.05) is 19.1 Å². The second-order valence-electron chi connectivity index (χ2n) is 5.23. The van der Waals surface area contributed by atoms with E-state index in [9.17, 15) is 9.90 Å². The Kier molecular flexibility index (Phi) is 4.24. The predicted molar refractivity (Wildman–Crippen MR) is 70.6 cm³/mol. The van der Waals surface area contributed by atoms with Crippen LogP contribution in [-0.2, 0) is 6.54 Å². The minimum atomic E-state index is -0.460. The molecule has 1 fully saturated rings. The molecule has 19 heavy (non-hydrogen) atoms. The van der Waals surface area contributed by atoms with Crippen molar-refractivity contribution in [1.29, 1.82) is 0 Å². The molecule has 0 aromatic carbocycles. The van der Waals surface area contributed by atoms with Crippen molar-refractivity contribution < 1.29 is 14.3 Å². The van der Waals surface area contributed by atoms with Gasteiger partial charge in [-0.1, -0.05) is 0 Å². The van der Waals surface area contributed by atoms with Crippen molar-refractivity contribution in [3.8, 4) is 0 Å². The summed E-state index contributed by atoms with van der Waals surface area (Å²) in [6.45, 7) is 1.36. The average molecular weight is 267 g/mol. The fraction of sp³-hybridized carbons (Fsp3) is 0.615. The molecule has 0 spiro atoms. The van der Waals surface area contributed by atoms with E-state index in [1.54, 1.807) is 17.0 Å². The van der Waals surface area contributed by atoms with Crippen LogP contribution in [0.4, 0.5) is 0 Å². The molecule has 0 bridgehead atoms. The summed E-state index contributed by atoms with van der Waals surface area (Å²) in [6, 6.07) is 3.37. The standard InChI is InChI=1S/C13H21N3O3/c1-15(2)7-9-5-10(17)8-16(9)13(18)12-4-3-11(6-14)19-12/h3-4,9-10,17H,5-8,14H2,1-2H3. The molecular formula is C13H21N3O3. The maximum absolute atomic E-state index is 12.4. The van der Waals surface area contributed by atoms with Gasteiger partial charge in [0.15, 0.2) is 5.76 Å². The Bertz CT molecular complexity index is 444. The minimum Gasteiger partial charge on any atom is -0.455 e. The van der Waals surface area contributed by atoms with E-state index in [0.717, 1.165) is 6.54 Å². The number of carbonyl (C=O) groups is 1. The van der Waals surface area contributed by atoms with E-state index in [1.807, 2.05) is 19.0 Å². The lowest BCUT2D eigenvalue weighted by Crippen LogP contribution is -2.41. The molecule has 1 aromatic heterocycles. The Morgan fingerprint density at radius 1 is 1.58 bits per heavy atom. The van der Waals surface area contributed by atoms with Crippen LogP contribution in [0, 0.1) is 0 Å². The van der Waals surface area contributed by atoms with Gasteiger partial charge < -0.3 is 25.1 Å². The second kappa shape index (κ2) is 5.73. The van der Waals surface area contributed by atoms with E-state index in [2.05, 4.69) is 0 Å². The van der Waals surface area contributed by atoms with E-state index in [-0.39, 0.29) is 18.5 Å². The largest absolute Gasteiger partial charge is 0.455 e. The van der Waals surface area contributed by atoms with Crippen LogP contribution in [0.1, 0.15) is 22.7 Å². The molecule has 1 aliphatic heterocycles. The highest BCUT2D eigenvalue weighted by Crippen LogP contribution is 2.22. The molecule has 2 unspecified atom stereocenters. The number of likely N-dealkylation sites (N-methyl/N-ethyl adjacent to an activating group) is 1. The van der Waals surface area contributed by atoms with Crippen molar-refractivity contribution in [2.24, 2.45) is 5.73 Å². The van der Waals surface area contributed by atoms with Gasteiger partial charge >= 0.3 is 0 Å². The van der Waals surface area contributed by atoms with Crippen LogP contribution in [0.5, 0.6) is 0 Å². The van der Waals surface area contributed by atoms with Gasteiger partial charge in [0.05, 0.1) is 12.6 Å². The summed E-state index contributed by atoms with van der Waals surface area (Å²) in [5.74, 6) is 0.702. The van der Waals surface area contributed by atoms with Crippen LogP contribution in [-0.4, -0.2) is 60.1 Å². The van der Waals surface area contributed by atoms with Gasteiger partial charge in [-0.2, -0.15) is 0 Å². The van der Waals surface area contributed by atoms with Crippen molar-refractivity contribution in [1.82, 2.24) is 9.80 Å². The first-order valence-electron chi connectivity index (χ1n) is 6.43. The van der Waals surface area contributed by atoms with Crippen molar-refractivity contribution in [3.63, 3.8) is 0 Å². The molecule has 6 heteroatoms. The molecule has 6 nitrogen and oxygen atoms in total. The highest BCUT2D eigenvalue weighted by Gasteiger charge is 2.35. The Morgan fingerprint density at radius 2 is 2.32 bits per heavy atom. The van der Waals surface area contributed by atoms with Crippen LogP contribution in [0.15, 0.2) is 16.5 Å². The van der Waals surface area contributed by atoms with Crippen LogP contribution in [0.2, 0.25) is 0 Å². The Hall–Kier alpha value is -1.37. The highest BCUT2D eigenvalue weighted by atomic mass is 16.4. The number of amides is 1. The highest BCUT2D eigenvalue weighted by molar-refractivity contribution is 5.92. The number of hydrogen-bond donors (Lipinski definition) is 2. The molecule has 1 amide bonds. The molecule has 1 saturated heterocycles. The van der Waals surface area contributed by atoms with Crippen LogP contribution < -0.4 is 5.73 Å². The van der Waals surface area contributed by atoms with Gasteiger partial charge in [0.2, 0.25) is 0 Å². The number of hydrogen-bond acceptors (Lipinski definition) is 5. The minimum absolute atomic E-state index is 0.0175. The van der Waals surface area contributed by atoms with E-state index < -0.39 is 6.10 Å². The van der Waals surface area contributed by atoms with Gasteiger partial charge in [-0.05, 0) is 32.6 Å². The number of nitrogens with zero attached hydrogens (tertiary/aromatic N) is 2. The third kappa shape index (κ3) is 3.15. The number of carbonyl (C=O) groups excluding carboxylic acids is 1. The quantitative estimate of drug-likeness (QED) is 0.794. The van der Waals surface area contributed by atoms with E-state index in [4.69, 9.17) is 10.2 Å². The SMILES string of the molecule is CN(C)CC1CC(O)CN1C(=O)c1ccc(CN)o1. The third-order valence-electron chi connectivity index (χ3n) is 3.30. The van der Waals surface area contributed by atoms with Crippen molar-refractivity contribution in [2.75, 3.05) is 27.2 Å². The zero-order valence-corrected chi connectivity index (χ0v) is 11.4. The first-order valence-corrected chi connectivity index (χ1v) is 6.43.